The van der Waals surface area contributed by atoms with Crippen molar-refractivity contribution in [1.29, 1.82) is 0 Å². The van der Waals surface area contributed by atoms with Crippen molar-refractivity contribution in [2.24, 2.45) is 0 Å². The zero-order chi connectivity index (χ0) is 15.6. The topological polar surface area (TPSA) is 64.3 Å². The van der Waals surface area contributed by atoms with Gasteiger partial charge in [-0.25, -0.2) is 8.78 Å². The van der Waals surface area contributed by atoms with Gasteiger partial charge in [-0.15, -0.1) is 0 Å². The SMILES string of the molecule is COc1ccc(N)cc1C(=O)Nc1cc(F)c(Br)cc1F. The number of rotatable bonds is 3. The fourth-order valence-corrected chi connectivity index (χ4v) is 2.03. The molecule has 0 radical (unpaired) electrons. The second kappa shape index (κ2) is 6.09. The van der Waals surface area contributed by atoms with E-state index in [-0.39, 0.29) is 21.5 Å². The fraction of sp³-hybridized carbons (Fsp3) is 0.0714. The number of anilines is 2. The number of amides is 1. The quantitative estimate of drug-likeness (QED) is 0.652. The highest BCUT2D eigenvalue weighted by atomic mass is 79.9. The van der Waals surface area contributed by atoms with Gasteiger partial charge in [0.15, 0.2) is 0 Å². The summed E-state index contributed by atoms with van der Waals surface area (Å²) in [6.07, 6.45) is 0. The molecule has 0 aliphatic heterocycles. The normalized spacial score (nSPS) is 10.3. The molecule has 0 heterocycles. The molecule has 0 saturated heterocycles. The van der Waals surface area contributed by atoms with Crippen LogP contribution in [0.3, 0.4) is 0 Å². The molecule has 0 fully saturated rings. The smallest absolute Gasteiger partial charge is 0.259 e. The summed E-state index contributed by atoms with van der Waals surface area (Å²) < 4.78 is 32.1. The summed E-state index contributed by atoms with van der Waals surface area (Å²) in [5.41, 5.74) is 5.81. The molecule has 0 atom stereocenters. The van der Waals surface area contributed by atoms with Crippen molar-refractivity contribution >= 4 is 33.2 Å². The Labute approximate surface area is 128 Å². The summed E-state index contributed by atoms with van der Waals surface area (Å²) in [7, 11) is 1.39. The lowest BCUT2D eigenvalue weighted by molar-refractivity contribution is 0.102. The predicted molar refractivity (Wildman–Crippen MR) is 79.4 cm³/mol. The third-order valence-electron chi connectivity index (χ3n) is 2.73. The number of carbonyl (C=O) groups is 1. The molecule has 2 aromatic rings. The van der Waals surface area contributed by atoms with Crippen molar-refractivity contribution < 1.29 is 18.3 Å². The molecule has 0 saturated carbocycles. The Morgan fingerprint density at radius 1 is 1.24 bits per heavy atom. The molecule has 2 aromatic carbocycles. The molecule has 110 valence electrons. The summed E-state index contributed by atoms with van der Waals surface area (Å²) in [6, 6.07) is 6.29. The van der Waals surface area contributed by atoms with Crippen LogP contribution in [0.2, 0.25) is 0 Å². The Hall–Kier alpha value is -2.15. The summed E-state index contributed by atoms with van der Waals surface area (Å²) in [4.78, 5) is 12.1. The number of carbonyl (C=O) groups excluding carboxylic acids is 1. The van der Waals surface area contributed by atoms with Crippen LogP contribution in [0.25, 0.3) is 0 Å². The average Bonchev–Trinajstić information content (AvgIpc) is 2.44. The first kappa shape index (κ1) is 15.2. The number of hydrogen-bond acceptors (Lipinski definition) is 3. The highest BCUT2D eigenvalue weighted by Gasteiger charge is 2.16. The Morgan fingerprint density at radius 2 is 1.95 bits per heavy atom. The summed E-state index contributed by atoms with van der Waals surface area (Å²) in [5.74, 6) is -1.83. The summed E-state index contributed by atoms with van der Waals surface area (Å²) >= 11 is 2.86. The van der Waals surface area contributed by atoms with Crippen LogP contribution in [0.4, 0.5) is 20.2 Å². The monoisotopic (exact) mass is 356 g/mol. The zero-order valence-electron chi connectivity index (χ0n) is 10.9. The van der Waals surface area contributed by atoms with E-state index >= 15 is 0 Å². The van der Waals surface area contributed by atoms with E-state index in [1.54, 1.807) is 6.07 Å². The van der Waals surface area contributed by atoms with Crippen molar-refractivity contribution in [3.8, 4) is 5.75 Å². The number of methoxy groups -OCH3 is 1. The van der Waals surface area contributed by atoms with E-state index in [0.29, 0.717) is 5.69 Å². The number of ether oxygens (including phenoxy) is 1. The van der Waals surface area contributed by atoms with E-state index in [0.717, 1.165) is 12.1 Å². The summed E-state index contributed by atoms with van der Waals surface area (Å²) in [5, 5.41) is 2.29. The minimum absolute atomic E-state index is 0.0282. The van der Waals surface area contributed by atoms with Crippen molar-refractivity contribution in [1.82, 2.24) is 0 Å². The molecule has 0 aliphatic rings. The van der Waals surface area contributed by atoms with Crippen molar-refractivity contribution in [2.75, 3.05) is 18.2 Å². The maximum atomic E-state index is 13.7. The molecular weight excluding hydrogens is 346 g/mol. The highest BCUT2D eigenvalue weighted by Crippen LogP contribution is 2.26. The summed E-state index contributed by atoms with van der Waals surface area (Å²) in [6.45, 7) is 0. The lowest BCUT2D eigenvalue weighted by Crippen LogP contribution is -2.15. The Balaban J connectivity index is 2.34. The van der Waals surface area contributed by atoms with Gasteiger partial charge in [-0.3, -0.25) is 4.79 Å². The van der Waals surface area contributed by atoms with Crippen LogP contribution in [-0.2, 0) is 0 Å². The van der Waals surface area contributed by atoms with Gasteiger partial charge in [0, 0.05) is 11.8 Å². The Morgan fingerprint density at radius 3 is 2.62 bits per heavy atom. The second-order valence-electron chi connectivity index (χ2n) is 4.16. The number of benzene rings is 2. The molecular formula is C14H11BrF2N2O2. The molecule has 2 rings (SSSR count). The van der Waals surface area contributed by atoms with Crippen molar-refractivity contribution in [3.63, 3.8) is 0 Å². The molecule has 3 N–H and O–H groups in total. The van der Waals surface area contributed by atoms with Crippen LogP contribution in [0, 0.1) is 11.6 Å². The molecule has 4 nitrogen and oxygen atoms in total. The lowest BCUT2D eigenvalue weighted by atomic mass is 10.1. The van der Waals surface area contributed by atoms with Crippen LogP contribution < -0.4 is 15.8 Å². The van der Waals surface area contributed by atoms with E-state index < -0.39 is 17.5 Å². The largest absolute Gasteiger partial charge is 0.496 e. The molecule has 21 heavy (non-hydrogen) atoms. The average molecular weight is 357 g/mol. The number of hydrogen-bond donors (Lipinski definition) is 2. The van der Waals surface area contributed by atoms with Crippen molar-refractivity contribution in [3.05, 3.63) is 52.0 Å². The second-order valence-corrected chi connectivity index (χ2v) is 5.01. The highest BCUT2D eigenvalue weighted by molar-refractivity contribution is 9.10. The van der Waals surface area contributed by atoms with Gasteiger partial charge in [-0.1, -0.05) is 0 Å². The van der Waals surface area contributed by atoms with Gasteiger partial charge in [-0.05, 0) is 40.2 Å². The number of halogens is 3. The third kappa shape index (κ3) is 3.30. The fourth-order valence-electron chi connectivity index (χ4n) is 1.71. The minimum atomic E-state index is -0.764. The van der Waals surface area contributed by atoms with Crippen LogP contribution in [0.1, 0.15) is 10.4 Å². The standard InChI is InChI=1S/C14H11BrF2N2O2/c1-21-13-3-2-7(18)4-8(13)14(20)19-12-6-10(16)9(15)5-11(12)17/h2-6H,18H2,1H3,(H,19,20). The van der Waals surface area contributed by atoms with Gasteiger partial charge >= 0.3 is 0 Å². The van der Waals surface area contributed by atoms with Crippen molar-refractivity contribution in [2.45, 2.75) is 0 Å². The van der Waals surface area contributed by atoms with E-state index in [2.05, 4.69) is 21.2 Å². The maximum absolute atomic E-state index is 13.7. The predicted octanol–water partition coefficient (Wildman–Crippen LogP) is 3.57. The molecule has 0 unspecified atom stereocenters. The molecule has 0 aliphatic carbocycles. The van der Waals surface area contributed by atoms with Crippen LogP contribution in [-0.4, -0.2) is 13.0 Å². The van der Waals surface area contributed by atoms with E-state index in [1.165, 1.54) is 19.2 Å². The lowest BCUT2D eigenvalue weighted by Gasteiger charge is -2.11. The van der Waals surface area contributed by atoms with Gasteiger partial charge in [-0.2, -0.15) is 0 Å². The van der Waals surface area contributed by atoms with Gasteiger partial charge in [0.25, 0.3) is 5.91 Å². The first-order valence-electron chi connectivity index (χ1n) is 5.81. The van der Waals surface area contributed by atoms with Gasteiger partial charge < -0.3 is 15.8 Å². The minimum Gasteiger partial charge on any atom is -0.496 e. The number of nitrogens with one attached hydrogen (secondary N) is 1. The molecule has 0 bridgehead atoms. The Bertz CT molecular complexity index is 708. The first-order chi connectivity index (χ1) is 9.92. The molecule has 0 aromatic heterocycles. The molecule has 1 amide bonds. The van der Waals surface area contributed by atoms with E-state index in [9.17, 15) is 13.6 Å². The van der Waals surface area contributed by atoms with Gasteiger partial charge in [0.1, 0.15) is 17.4 Å². The van der Waals surface area contributed by atoms with Crippen LogP contribution in [0.5, 0.6) is 5.75 Å². The van der Waals surface area contributed by atoms with E-state index in [1.807, 2.05) is 0 Å². The van der Waals surface area contributed by atoms with Gasteiger partial charge in [0.2, 0.25) is 0 Å². The number of nitrogen functional groups attached to an aromatic ring is 1. The zero-order valence-corrected chi connectivity index (χ0v) is 12.5. The maximum Gasteiger partial charge on any atom is 0.259 e. The Kier molecular flexibility index (Phi) is 4.42. The van der Waals surface area contributed by atoms with Gasteiger partial charge in [0.05, 0.1) is 22.8 Å². The third-order valence-corrected chi connectivity index (χ3v) is 3.33. The molecule has 7 heteroatoms. The number of nitrogens with two attached hydrogens (primary N) is 1. The van der Waals surface area contributed by atoms with E-state index in [4.69, 9.17) is 10.5 Å². The molecule has 0 spiro atoms. The van der Waals surface area contributed by atoms with Crippen LogP contribution in [0.15, 0.2) is 34.8 Å². The van der Waals surface area contributed by atoms with Crippen LogP contribution >= 0.6 is 15.9 Å². The first-order valence-corrected chi connectivity index (χ1v) is 6.61.